The standard InChI is InChI=1S/C18H19N3O/c1-2-7-14(8-3-1)17-18(19-13-15-9-6-12-22-15)21-11-5-4-10-16(21)20-17/h1-5,7-8,10-11,15,19H,6,9,12-13H2. The maximum absolute atomic E-state index is 5.72. The smallest absolute Gasteiger partial charge is 0.139 e. The van der Waals surface area contributed by atoms with E-state index in [2.05, 4.69) is 21.9 Å². The molecular weight excluding hydrogens is 274 g/mol. The van der Waals surface area contributed by atoms with Crippen LogP contribution in [-0.4, -0.2) is 28.6 Å². The normalized spacial score (nSPS) is 17.9. The van der Waals surface area contributed by atoms with Gasteiger partial charge in [-0.25, -0.2) is 4.98 Å². The third-order valence-corrected chi connectivity index (χ3v) is 4.10. The van der Waals surface area contributed by atoms with Gasteiger partial charge >= 0.3 is 0 Å². The molecule has 1 saturated heterocycles. The van der Waals surface area contributed by atoms with Gasteiger partial charge in [0, 0.05) is 24.9 Å². The summed E-state index contributed by atoms with van der Waals surface area (Å²) < 4.78 is 7.83. The Hall–Kier alpha value is -2.33. The van der Waals surface area contributed by atoms with Crippen LogP contribution in [0, 0.1) is 0 Å². The molecule has 0 amide bonds. The second-order valence-corrected chi connectivity index (χ2v) is 5.62. The van der Waals surface area contributed by atoms with E-state index in [1.165, 1.54) is 0 Å². The van der Waals surface area contributed by atoms with Crippen molar-refractivity contribution in [1.29, 1.82) is 0 Å². The van der Waals surface area contributed by atoms with Gasteiger partial charge in [0.1, 0.15) is 17.2 Å². The minimum Gasteiger partial charge on any atom is -0.376 e. The first kappa shape index (κ1) is 13.3. The number of nitrogens with one attached hydrogen (secondary N) is 1. The van der Waals surface area contributed by atoms with E-state index in [-0.39, 0.29) is 0 Å². The predicted molar refractivity (Wildman–Crippen MR) is 88.1 cm³/mol. The topological polar surface area (TPSA) is 38.6 Å². The van der Waals surface area contributed by atoms with Crippen molar-refractivity contribution in [2.75, 3.05) is 18.5 Å². The van der Waals surface area contributed by atoms with Crippen molar-refractivity contribution in [1.82, 2.24) is 9.38 Å². The van der Waals surface area contributed by atoms with Crippen molar-refractivity contribution >= 4 is 11.5 Å². The summed E-state index contributed by atoms with van der Waals surface area (Å²) in [5.74, 6) is 1.04. The van der Waals surface area contributed by atoms with Crippen LogP contribution in [0.4, 0.5) is 5.82 Å². The first-order chi connectivity index (χ1) is 10.9. The Bertz CT molecular complexity index is 760. The van der Waals surface area contributed by atoms with Crippen LogP contribution >= 0.6 is 0 Å². The summed E-state index contributed by atoms with van der Waals surface area (Å²) in [6, 6.07) is 16.4. The van der Waals surface area contributed by atoms with Gasteiger partial charge in [-0.15, -0.1) is 0 Å². The van der Waals surface area contributed by atoms with Crippen LogP contribution in [0.15, 0.2) is 54.7 Å². The molecule has 1 N–H and O–H groups in total. The molecule has 112 valence electrons. The van der Waals surface area contributed by atoms with E-state index in [1.807, 2.05) is 42.6 Å². The van der Waals surface area contributed by atoms with Crippen LogP contribution in [0.1, 0.15) is 12.8 Å². The molecule has 1 fully saturated rings. The van der Waals surface area contributed by atoms with Crippen LogP contribution < -0.4 is 5.32 Å². The third kappa shape index (κ3) is 2.46. The highest BCUT2D eigenvalue weighted by Gasteiger charge is 2.18. The summed E-state index contributed by atoms with van der Waals surface area (Å²) >= 11 is 0. The van der Waals surface area contributed by atoms with Crippen LogP contribution in [0.3, 0.4) is 0 Å². The molecule has 3 heterocycles. The molecule has 1 aliphatic rings. The summed E-state index contributed by atoms with van der Waals surface area (Å²) in [4.78, 5) is 4.79. The van der Waals surface area contributed by atoms with Crippen LogP contribution in [0.2, 0.25) is 0 Å². The Labute approximate surface area is 129 Å². The molecule has 1 aromatic carbocycles. The summed E-state index contributed by atoms with van der Waals surface area (Å²) in [6.07, 6.45) is 4.64. The molecule has 0 saturated carbocycles. The highest BCUT2D eigenvalue weighted by atomic mass is 16.5. The van der Waals surface area contributed by atoms with Crippen molar-refractivity contribution in [3.8, 4) is 11.3 Å². The number of nitrogens with zero attached hydrogens (tertiary/aromatic N) is 2. The molecule has 3 aromatic rings. The van der Waals surface area contributed by atoms with E-state index in [1.54, 1.807) is 0 Å². The zero-order chi connectivity index (χ0) is 14.8. The Kier molecular flexibility index (Phi) is 3.52. The Morgan fingerprint density at radius 1 is 1.14 bits per heavy atom. The summed E-state index contributed by atoms with van der Waals surface area (Å²) in [6.45, 7) is 1.70. The van der Waals surface area contributed by atoms with Gasteiger partial charge in [0.25, 0.3) is 0 Å². The molecule has 1 atom stereocenters. The van der Waals surface area contributed by atoms with Crippen LogP contribution in [-0.2, 0) is 4.74 Å². The highest BCUT2D eigenvalue weighted by molar-refractivity contribution is 5.76. The molecule has 0 radical (unpaired) electrons. The summed E-state index contributed by atoms with van der Waals surface area (Å²) in [7, 11) is 0. The fourth-order valence-electron chi connectivity index (χ4n) is 2.98. The highest BCUT2D eigenvalue weighted by Crippen LogP contribution is 2.28. The summed E-state index contributed by atoms with van der Waals surface area (Å²) in [5.41, 5.74) is 3.07. The quantitative estimate of drug-likeness (QED) is 0.799. The molecule has 0 aliphatic carbocycles. The zero-order valence-electron chi connectivity index (χ0n) is 12.4. The fourth-order valence-corrected chi connectivity index (χ4v) is 2.98. The number of benzene rings is 1. The third-order valence-electron chi connectivity index (χ3n) is 4.10. The van der Waals surface area contributed by atoms with Gasteiger partial charge in [-0.3, -0.25) is 4.40 Å². The lowest BCUT2D eigenvalue weighted by Crippen LogP contribution is -2.19. The first-order valence-electron chi connectivity index (χ1n) is 7.80. The molecule has 4 nitrogen and oxygen atoms in total. The molecule has 2 aromatic heterocycles. The number of aromatic nitrogens is 2. The van der Waals surface area contributed by atoms with Crippen molar-refractivity contribution in [3.05, 3.63) is 54.7 Å². The molecule has 4 rings (SSSR count). The van der Waals surface area contributed by atoms with Crippen molar-refractivity contribution in [3.63, 3.8) is 0 Å². The number of rotatable bonds is 4. The van der Waals surface area contributed by atoms with E-state index in [9.17, 15) is 0 Å². The SMILES string of the molecule is c1ccc(-c2nc3ccccn3c2NCC2CCCO2)cc1. The zero-order valence-corrected chi connectivity index (χ0v) is 12.4. The van der Waals surface area contributed by atoms with Gasteiger partial charge in [-0.1, -0.05) is 36.4 Å². The van der Waals surface area contributed by atoms with Gasteiger partial charge in [0.15, 0.2) is 0 Å². The fraction of sp³-hybridized carbons (Fsp3) is 0.278. The number of fused-ring (bicyclic) bond motifs is 1. The minimum atomic E-state index is 0.304. The van der Waals surface area contributed by atoms with Crippen molar-refractivity contribution < 1.29 is 4.74 Å². The number of pyridine rings is 1. The molecule has 22 heavy (non-hydrogen) atoms. The number of ether oxygens (including phenoxy) is 1. The van der Waals surface area contributed by atoms with E-state index in [0.29, 0.717) is 6.10 Å². The predicted octanol–water partition coefficient (Wildman–Crippen LogP) is 3.59. The lowest BCUT2D eigenvalue weighted by atomic mass is 10.1. The van der Waals surface area contributed by atoms with E-state index < -0.39 is 0 Å². The molecule has 4 heteroatoms. The van der Waals surface area contributed by atoms with Gasteiger partial charge in [0.2, 0.25) is 0 Å². The van der Waals surface area contributed by atoms with Crippen LogP contribution in [0.25, 0.3) is 16.9 Å². The van der Waals surface area contributed by atoms with Gasteiger partial charge in [-0.05, 0) is 25.0 Å². The molecule has 0 spiro atoms. The van der Waals surface area contributed by atoms with Crippen molar-refractivity contribution in [2.24, 2.45) is 0 Å². The van der Waals surface area contributed by atoms with Crippen LogP contribution in [0.5, 0.6) is 0 Å². The van der Waals surface area contributed by atoms with E-state index >= 15 is 0 Å². The molecular formula is C18H19N3O. The Morgan fingerprint density at radius 3 is 2.82 bits per heavy atom. The largest absolute Gasteiger partial charge is 0.376 e. The maximum Gasteiger partial charge on any atom is 0.139 e. The lowest BCUT2D eigenvalue weighted by molar-refractivity contribution is 0.120. The number of imidazole rings is 1. The molecule has 1 aliphatic heterocycles. The monoisotopic (exact) mass is 293 g/mol. The molecule has 1 unspecified atom stereocenters. The number of hydrogen-bond acceptors (Lipinski definition) is 3. The van der Waals surface area contributed by atoms with Gasteiger partial charge < -0.3 is 10.1 Å². The van der Waals surface area contributed by atoms with Gasteiger partial charge in [0.05, 0.1) is 6.10 Å². The number of anilines is 1. The van der Waals surface area contributed by atoms with E-state index in [4.69, 9.17) is 9.72 Å². The Morgan fingerprint density at radius 2 is 2.00 bits per heavy atom. The van der Waals surface area contributed by atoms with Gasteiger partial charge in [-0.2, -0.15) is 0 Å². The second-order valence-electron chi connectivity index (χ2n) is 5.62. The van der Waals surface area contributed by atoms with E-state index in [0.717, 1.165) is 48.7 Å². The average molecular weight is 293 g/mol. The minimum absolute atomic E-state index is 0.304. The number of hydrogen-bond donors (Lipinski definition) is 1. The Balaban J connectivity index is 1.73. The maximum atomic E-state index is 5.72. The first-order valence-corrected chi connectivity index (χ1v) is 7.80. The van der Waals surface area contributed by atoms with Crippen molar-refractivity contribution in [2.45, 2.75) is 18.9 Å². The molecule has 0 bridgehead atoms. The lowest BCUT2D eigenvalue weighted by Gasteiger charge is -2.13. The summed E-state index contributed by atoms with van der Waals surface area (Å²) in [5, 5.41) is 3.55. The average Bonchev–Trinajstić information content (AvgIpc) is 3.21. The second kappa shape index (κ2) is 5.81.